The van der Waals surface area contributed by atoms with E-state index in [2.05, 4.69) is 20.5 Å². The number of nitrogens with one attached hydrogen (secondary N) is 2. The van der Waals surface area contributed by atoms with E-state index >= 15 is 0 Å². The van der Waals surface area contributed by atoms with E-state index in [1.54, 1.807) is 6.20 Å². The van der Waals surface area contributed by atoms with Crippen molar-refractivity contribution in [1.29, 1.82) is 0 Å². The SMILES string of the molecule is Cc1ncccc1C(=S)Nc1c(-c2ccccc2)n[nH]c1C. The maximum Gasteiger partial charge on any atom is 0.116 e. The number of nitrogens with zero attached hydrogens (tertiary/aromatic N) is 2. The Hall–Kier alpha value is -2.53. The quantitative estimate of drug-likeness (QED) is 0.721. The Bertz CT molecular complexity index is 809. The van der Waals surface area contributed by atoms with Crippen molar-refractivity contribution in [3.05, 3.63) is 65.6 Å². The van der Waals surface area contributed by atoms with Gasteiger partial charge in [0.2, 0.25) is 0 Å². The third kappa shape index (κ3) is 2.76. The molecule has 3 rings (SSSR count). The van der Waals surface area contributed by atoms with E-state index in [9.17, 15) is 0 Å². The highest BCUT2D eigenvalue weighted by molar-refractivity contribution is 7.81. The lowest BCUT2D eigenvalue weighted by Crippen LogP contribution is -2.13. The van der Waals surface area contributed by atoms with E-state index in [0.29, 0.717) is 4.99 Å². The van der Waals surface area contributed by atoms with Crippen molar-refractivity contribution >= 4 is 22.9 Å². The molecule has 0 fully saturated rings. The number of H-pyrrole nitrogens is 1. The van der Waals surface area contributed by atoms with Crippen LogP contribution in [0.25, 0.3) is 11.3 Å². The summed E-state index contributed by atoms with van der Waals surface area (Å²) in [7, 11) is 0. The van der Waals surface area contributed by atoms with Crippen LogP contribution in [0.1, 0.15) is 17.0 Å². The molecule has 0 radical (unpaired) electrons. The molecule has 0 aliphatic carbocycles. The Kier molecular flexibility index (Phi) is 3.98. The second-order valence-electron chi connectivity index (χ2n) is 5.03. The first kappa shape index (κ1) is 14.4. The van der Waals surface area contributed by atoms with Crippen molar-refractivity contribution in [2.24, 2.45) is 0 Å². The topological polar surface area (TPSA) is 53.6 Å². The molecule has 4 nitrogen and oxygen atoms in total. The summed E-state index contributed by atoms with van der Waals surface area (Å²) in [5.41, 5.74) is 5.59. The zero-order chi connectivity index (χ0) is 15.5. The molecule has 0 aliphatic rings. The molecule has 0 bridgehead atoms. The highest BCUT2D eigenvalue weighted by Gasteiger charge is 2.15. The van der Waals surface area contributed by atoms with Crippen molar-refractivity contribution < 1.29 is 0 Å². The summed E-state index contributed by atoms with van der Waals surface area (Å²) in [6.45, 7) is 3.92. The molecule has 0 aliphatic heterocycles. The van der Waals surface area contributed by atoms with E-state index in [-0.39, 0.29) is 0 Å². The second-order valence-corrected chi connectivity index (χ2v) is 5.44. The maximum absolute atomic E-state index is 5.53. The van der Waals surface area contributed by atoms with Gasteiger partial charge in [-0.05, 0) is 26.0 Å². The van der Waals surface area contributed by atoms with Crippen LogP contribution in [0, 0.1) is 13.8 Å². The van der Waals surface area contributed by atoms with Crippen molar-refractivity contribution in [3.63, 3.8) is 0 Å². The van der Waals surface area contributed by atoms with Crippen LogP contribution in [0.5, 0.6) is 0 Å². The third-order valence-corrected chi connectivity index (χ3v) is 3.81. The van der Waals surface area contributed by atoms with Crippen LogP contribution in [-0.2, 0) is 0 Å². The van der Waals surface area contributed by atoms with Crippen LogP contribution in [0.15, 0.2) is 48.7 Å². The van der Waals surface area contributed by atoms with Crippen molar-refractivity contribution in [2.45, 2.75) is 13.8 Å². The Morgan fingerprint density at radius 3 is 2.59 bits per heavy atom. The summed E-state index contributed by atoms with van der Waals surface area (Å²) < 4.78 is 0. The zero-order valence-corrected chi connectivity index (χ0v) is 13.2. The average molecular weight is 308 g/mol. The number of thiocarbonyl (C=S) groups is 1. The predicted octanol–water partition coefficient (Wildman–Crippen LogP) is 3.88. The van der Waals surface area contributed by atoms with Crippen LogP contribution in [0.2, 0.25) is 0 Å². The van der Waals surface area contributed by atoms with E-state index in [1.807, 2.05) is 56.3 Å². The third-order valence-electron chi connectivity index (χ3n) is 3.48. The summed E-state index contributed by atoms with van der Waals surface area (Å²) in [4.78, 5) is 4.93. The number of hydrogen-bond acceptors (Lipinski definition) is 3. The molecule has 110 valence electrons. The van der Waals surface area contributed by atoms with Gasteiger partial charge < -0.3 is 5.32 Å². The Balaban J connectivity index is 1.95. The van der Waals surface area contributed by atoms with Crippen LogP contribution < -0.4 is 5.32 Å². The molecule has 2 heterocycles. The van der Waals surface area contributed by atoms with Crippen LogP contribution in [0.3, 0.4) is 0 Å². The number of aromatic nitrogens is 3. The highest BCUT2D eigenvalue weighted by Crippen LogP contribution is 2.28. The van der Waals surface area contributed by atoms with E-state index < -0.39 is 0 Å². The molecule has 0 amide bonds. The number of pyridine rings is 1. The number of anilines is 1. The molecule has 3 aromatic rings. The van der Waals surface area contributed by atoms with Crippen molar-refractivity contribution in [1.82, 2.24) is 15.2 Å². The maximum atomic E-state index is 5.53. The van der Waals surface area contributed by atoms with Gasteiger partial charge in [0.25, 0.3) is 0 Å². The van der Waals surface area contributed by atoms with Gasteiger partial charge in [-0.15, -0.1) is 0 Å². The highest BCUT2D eigenvalue weighted by atomic mass is 32.1. The Morgan fingerprint density at radius 2 is 1.86 bits per heavy atom. The van der Waals surface area contributed by atoms with Crippen LogP contribution in [-0.4, -0.2) is 20.2 Å². The predicted molar refractivity (Wildman–Crippen MR) is 93.1 cm³/mol. The minimum atomic E-state index is 0.646. The van der Waals surface area contributed by atoms with Gasteiger partial charge in [0.05, 0.1) is 11.4 Å². The average Bonchev–Trinajstić information content (AvgIpc) is 2.89. The molecule has 0 saturated heterocycles. The van der Waals surface area contributed by atoms with Gasteiger partial charge >= 0.3 is 0 Å². The number of benzene rings is 1. The lowest BCUT2D eigenvalue weighted by molar-refractivity contribution is 1.05. The molecule has 2 N–H and O–H groups in total. The van der Waals surface area contributed by atoms with Gasteiger partial charge in [0.1, 0.15) is 10.7 Å². The number of rotatable bonds is 3. The van der Waals surface area contributed by atoms with E-state index in [4.69, 9.17) is 12.2 Å². The molecule has 0 saturated carbocycles. The van der Waals surface area contributed by atoms with E-state index in [0.717, 1.165) is 33.9 Å². The first-order valence-corrected chi connectivity index (χ1v) is 7.41. The summed E-state index contributed by atoms with van der Waals surface area (Å²) in [5, 5.41) is 10.7. The first-order chi connectivity index (χ1) is 10.7. The van der Waals surface area contributed by atoms with Crippen LogP contribution in [0.4, 0.5) is 5.69 Å². The molecule has 2 aromatic heterocycles. The second kappa shape index (κ2) is 6.07. The van der Waals surface area contributed by atoms with Gasteiger partial charge in [0, 0.05) is 23.0 Å². The van der Waals surface area contributed by atoms with Gasteiger partial charge in [-0.2, -0.15) is 5.10 Å². The van der Waals surface area contributed by atoms with Gasteiger partial charge in [0.15, 0.2) is 0 Å². The fourth-order valence-electron chi connectivity index (χ4n) is 2.29. The molecular weight excluding hydrogens is 292 g/mol. The Morgan fingerprint density at radius 1 is 1.09 bits per heavy atom. The first-order valence-electron chi connectivity index (χ1n) is 7.00. The van der Waals surface area contributed by atoms with E-state index in [1.165, 1.54) is 0 Å². The molecule has 1 aromatic carbocycles. The van der Waals surface area contributed by atoms with Gasteiger partial charge in [-0.25, -0.2) is 0 Å². The van der Waals surface area contributed by atoms with Crippen molar-refractivity contribution in [3.8, 4) is 11.3 Å². The summed E-state index contributed by atoms with van der Waals surface area (Å²) in [5.74, 6) is 0. The van der Waals surface area contributed by atoms with Crippen molar-refractivity contribution in [2.75, 3.05) is 5.32 Å². The lowest BCUT2D eigenvalue weighted by atomic mass is 10.1. The van der Waals surface area contributed by atoms with Gasteiger partial charge in [-0.1, -0.05) is 42.5 Å². The lowest BCUT2D eigenvalue weighted by Gasteiger charge is -2.11. The fourth-order valence-corrected chi connectivity index (χ4v) is 2.61. The normalized spacial score (nSPS) is 10.5. The summed E-state index contributed by atoms with van der Waals surface area (Å²) in [6.07, 6.45) is 1.76. The molecule has 0 spiro atoms. The van der Waals surface area contributed by atoms with Crippen LogP contribution >= 0.6 is 12.2 Å². The number of hydrogen-bond donors (Lipinski definition) is 2. The fraction of sp³-hybridized carbons (Fsp3) is 0.118. The molecule has 0 atom stereocenters. The molecule has 22 heavy (non-hydrogen) atoms. The number of aryl methyl sites for hydroxylation is 2. The standard InChI is InChI=1S/C17H16N4S/c1-11-14(9-6-10-18-11)17(22)19-15-12(2)20-21-16(15)13-7-4-3-5-8-13/h3-10H,1-2H3,(H,19,22)(H,20,21). The molecular formula is C17H16N4S. The minimum Gasteiger partial charge on any atom is -0.343 e. The van der Waals surface area contributed by atoms with Gasteiger partial charge in [-0.3, -0.25) is 10.1 Å². The minimum absolute atomic E-state index is 0.646. The largest absolute Gasteiger partial charge is 0.343 e. The molecule has 0 unspecified atom stereocenters. The monoisotopic (exact) mass is 308 g/mol. The molecule has 5 heteroatoms. The zero-order valence-electron chi connectivity index (χ0n) is 12.4. The smallest absolute Gasteiger partial charge is 0.116 e. The summed E-state index contributed by atoms with van der Waals surface area (Å²) in [6, 6.07) is 13.9. The summed E-state index contributed by atoms with van der Waals surface area (Å²) >= 11 is 5.53. The Labute approximate surface area is 134 Å². The number of aromatic amines is 1.